The van der Waals surface area contributed by atoms with Gasteiger partial charge in [-0.05, 0) is 37.1 Å². The molecular formula is C16H22N2O3. The largest absolute Gasteiger partial charge is 0.478 e. The standard InChI is InChI=1S/C16H22N2O3/c1-2-7-16(8-9-17-11-16)15(21)18-10-12-3-5-13(6-4-12)14(19)20/h3-6,17H,2,7-11H2,1H3,(H,18,21)(H,19,20). The average Bonchev–Trinajstić information content (AvgIpc) is 2.95. The number of nitrogens with one attached hydrogen (secondary N) is 2. The van der Waals surface area contributed by atoms with Crippen LogP contribution in [-0.4, -0.2) is 30.1 Å². The van der Waals surface area contributed by atoms with E-state index in [1.54, 1.807) is 24.3 Å². The highest BCUT2D eigenvalue weighted by molar-refractivity contribution is 5.87. The predicted molar refractivity (Wildman–Crippen MR) is 80.1 cm³/mol. The van der Waals surface area contributed by atoms with Crippen molar-refractivity contribution < 1.29 is 14.7 Å². The summed E-state index contributed by atoms with van der Waals surface area (Å²) < 4.78 is 0. The SMILES string of the molecule is CCCC1(C(=O)NCc2ccc(C(=O)O)cc2)CCNC1. The van der Waals surface area contributed by atoms with E-state index in [1.807, 2.05) is 0 Å². The molecule has 5 heteroatoms. The van der Waals surface area contributed by atoms with E-state index in [4.69, 9.17) is 5.11 Å². The number of carbonyl (C=O) groups is 2. The normalized spacial score (nSPS) is 21.2. The number of rotatable bonds is 6. The van der Waals surface area contributed by atoms with Gasteiger partial charge >= 0.3 is 5.97 Å². The molecule has 0 spiro atoms. The lowest BCUT2D eigenvalue weighted by Gasteiger charge is -2.26. The summed E-state index contributed by atoms with van der Waals surface area (Å²) in [6.45, 7) is 4.16. The van der Waals surface area contributed by atoms with Crippen LogP contribution in [0.25, 0.3) is 0 Å². The molecule has 0 bridgehead atoms. The third-order valence-corrected chi connectivity index (χ3v) is 4.11. The molecule has 3 N–H and O–H groups in total. The molecule has 1 aliphatic rings. The van der Waals surface area contributed by atoms with Gasteiger partial charge in [0.15, 0.2) is 0 Å². The average molecular weight is 290 g/mol. The molecule has 1 aromatic rings. The molecule has 1 saturated heterocycles. The topological polar surface area (TPSA) is 78.4 Å². The first kappa shape index (κ1) is 15.5. The number of amides is 1. The molecule has 2 rings (SSSR count). The molecule has 1 atom stereocenters. The Bertz CT molecular complexity index is 505. The van der Waals surface area contributed by atoms with E-state index in [2.05, 4.69) is 17.6 Å². The lowest BCUT2D eigenvalue weighted by molar-refractivity contribution is -0.130. The van der Waals surface area contributed by atoms with Crippen molar-refractivity contribution >= 4 is 11.9 Å². The van der Waals surface area contributed by atoms with Crippen molar-refractivity contribution in [1.82, 2.24) is 10.6 Å². The summed E-state index contributed by atoms with van der Waals surface area (Å²) in [7, 11) is 0. The zero-order chi connectivity index (χ0) is 15.3. The zero-order valence-corrected chi connectivity index (χ0v) is 12.3. The Morgan fingerprint density at radius 3 is 2.57 bits per heavy atom. The second kappa shape index (κ2) is 6.72. The van der Waals surface area contributed by atoms with E-state index in [-0.39, 0.29) is 16.9 Å². The van der Waals surface area contributed by atoms with Gasteiger partial charge in [0, 0.05) is 13.1 Å². The maximum absolute atomic E-state index is 12.5. The summed E-state index contributed by atoms with van der Waals surface area (Å²) in [5, 5.41) is 15.1. The van der Waals surface area contributed by atoms with Gasteiger partial charge in [0.05, 0.1) is 11.0 Å². The molecule has 0 aliphatic carbocycles. The second-order valence-electron chi connectivity index (χ2n) is 5.64. The molecule has 1 aliphatic heterocycles. The lowest BCUT2D eigenvalue weighted by Crippen LogP contribution is -2.42. The lowest BCUT2D eigenvalue weighted by atomic mass is 9.81. The van der Waals surface area contributed by atoms with Crippen LogP contribution in [-0.2, 0) is 11.3 Å². The van der Waals surface area contributed by atoms with E-state index < -0.39 is 5.97 Å². The molecule has 1 aromatic carbocycles. The van der Waals surface area contributed by atoms with Crippen molar-refractivity contribution in [2.24, 2.45) is 5.41 Å². The maximum Gasteiger partial charge on any atom is 0.335 e. The molecule has 0 saturated carbocycles. The molecule has 1 fully saturated rings. The molecule has 1 amide bonds. The number of carboxylic acids is 1. The van der Waals surface area contributed by atoms with E-state index in [0.717, 1.165) is 37.9 Å². The minimum atomic E-state index is -0.940. The van der Waals surface area contributed by atoms with Crippen molar-refractivity contribution in [3.63, 3.8) is 0 Å². The summed E-state index contributed by atoms with van der Waals surface area (Å²) in [5.41, 5.74) is 0.883. The first-order valence-electron chi connectivity index (χ1n) is 7.39. The van der Waals surface area contributed by atoms with E-state index in [0.29, 0.717) is 6.54 Å². The third kappa shape index (κ3) is 3.61. The van der Waals surface area contributed by atoms with Gasteiger partial charge in [-0.15, -0.1) is 0 Å². The van der Waals surface area contributed by atoms with Crippen LogP contribution >= 0.6 is 0 Å². The molecular weight excluding hydrogens is 268 g/mol. The summed E-state index contributed by atoms with van der Waals surface area (Å²) in [4.78, 5) is 23.3. The summed E-state index contributed by atoms with van der Waals surface area (Å²) >= 11 is 0. The van der Waals surface area contributed by atoms with E-state index >= 15 is 0 Å². The minimum absolute atomic E-state index is 0.0941. The van der Waals surface area contributed by atoms with Gasteiger partial charge in [0.1, 0.15) is 0 Å². The number of carboxylic acid groups (broad SMARTS) is 1. The van der Waals surface area contributed by atoms with Crippen molar-refractivity contribution in [2.75, 3.05) is 13.1 Å². The summed E-state index contributed by atoms with van der Waals surface area (Å²) in [6.07, 6.45) is 2.76. The van der Waals surface area contributed by atoms with E-state index in [9.17, 15) is 9.59 Å². The van der Waals surface area contributed by atoms with Crippen LogP contribution in [0.2, 0.25) is 0 Å². The molecule has 1 unspecified atom stereocenters. The molecule has 0 radical (unpaired) electrons. The highest BCUT2D eigenvalue weighted by Gasteiger charge is 2.39. The first-order valence-corrected chi connectivity index (χ1v) is 7.39. The quantitative estimate of drug-likeness (QED) is 0.746. The van der Waals surface area contributed by atoms with Gasteiger partial charge in [-0.2, -0.15) is 0 Å². The Morgan fingerprint density at radius 1 is 1.33 bits per heavy atom. The second-order valence-corrected chi connectivity index (χ2v) is 5.64. The number of aromatic carboxylic acids is 1. The van der Waals surface area contributed by atoms with Gasteiger partial charge in [0.2, 0.25) is 5.91 Å². The van der Waals surface area contributed by atoms with E-state index in [1.165, 1.54) is 0 Å². The molecule has 0 aromatic heterocycles. The Morgan fingerprint density at radius 2 is 2.05 bits per heavy atom. The third-order valence-electron chi connectivity index (χ3n) is 4.11. The van der Waals surface area contributed by atoms with Gasteiger partial charge in [-0.25, -0.2) is 4.79 Å². The monoisotopic (exact) mass is 290 g/mol. The van der Waals surface area contributed by atoms with Crippen molar-refractivity contribution in [3.8, 4) is 0 Å². The fraction of sp³-hybridized carbons (Fsp3) is 0.500. The first-order chi connectivity index (χ1) is 10.1. The summed E-state index contributed by atoms with van der Waals surface area (Å²) in [6, 6.07) is 6.60. The fourth-order valence-electron chi connectivity index (χ4n) is 2.88. The fourth-order valence-corrected chi connectivity index (χ4v) is 2.88. The Balaban J connectivity index is 1.95. The van der Waals surface area contributed by atoms with Crippen molar-refractivity contribution in [3.05, 3.63) is 35.4 Å². The predicted octanol–water partition coefficient (Wildman–Crippen LogP) is 1.78. The van der Waals surface area contributed by atoms with Crippen LogP contribution in [0.15, 0.2) is 24.3 Å². The molecule has 21 heavy (non-hydrogen) atoms. The van der Waals surface area contributed by atoms with Crippen LogP contribution in [0.1, 0.15) is 42.1 Å². The summed E-state index contributed by atoms with van der Waals surface area (Å²) in [5.74, 6) is -0.846. The number of hydrogen-bond acceptors (Lipinski definition) is 3. The number of carbonyl (C=O) groups excluding carboxylic acids is 1. The molecule has 5 nitrogen and oxygen atoms in total. The van der Waals surface area contributed by atoms with Crippen LogP contribution in [0.4, 0.5) is 0 Å². The Labute approximate surface area is 124 Å². The number of hydrogen-bond donors (Lipinski definition) is 3. The minimum Gasteiger partial charge on any atom is -0.478 e. The zero-order valence-electron chi connectivity index (χ0n) is 12.3. The van der Waals surface area contributed by atoms with Crippen LogP contribution in [0.5, 0.6) is 0 Å². The van der Waals surface area contributed by atoms with Gasteiger partial charge < -0.3 is 15.7 Å². The Kier molecular flexibility index (Phi) is 4.96. The van der Waals surface area contributed by atoms with Crippen LogP contribution < -0.4 is 10.6 Å². The smallest absolute Gasteiger partial charge is 0.335 e. The highest BCUT2D eigenvalue weighted by atomic mass is 16.4. The van der Waals surface area contributed by atoms with Gasteiger partial charge in [-0.3, -0.25) is 4.79 Å². The van der Waals surface area contributed by atoms with Gasteiger partial charge in [0.25, 0.3) is 0 Å². The van der Waals surface area contributed by atoms with Crippen molar-refractivity contribution in [2.45, 2.75) is 32.7 Å². The maximum atomic E-state index is 12.5. The Hall–Kier alpha value is -1.88. The molecule has 114 valence electrons. The van der Waals surface area contributed by atoms with Gasteiger partial charge in [-0.1, -0.05) is 25.5 Å². The molecule has 1 heterocycles. The number of benzene rings is 1. The van der Waals surface area contributed by atoms with Crippen molar-refractivity contribution in [1.29, 1.82) is 0 Å². The van der Waals surface area contributed by atoms with Crippen LogP contribution in [0.3, 0.4) is 0 Å². The highest BCUT2D eigenvalue weighted by Crippen LogP contribution is 2.31. The van der Waals surface area contributed by atoms with Crippen LogP contribution in [0, 0.1) is 5.41 Å².